The van der Waals surface area contributed by atoms with Gasteiger partial charge in [0.25, 0.3) is 0 Å². The van der Waals surface area contributed by atoms with E-state index >= 15 is 0 Å². The van der Waals surface area contributed by atoms with Crippen LogP contribution in [0.15, 0.2) is 18.2 Å². The molecule has 2 rings (SSSR count). The van der Waals surface area contributed by atoms with Gasteiger partial charge in [-0.2, -0.15) is 0 Å². The minimum Gasteiger partial charge on any atom is -0.462 e. The third-order valence-electron chi connectivity index (χ3n) is 3.39. The average Bonchev–Trinajstić information content (AvgIpc) is 2.82. The van der Waals surface area contributed by atoms with Crippen LogP contribution < -0.4 is 10.6 Å². The molecule has 0 aromatic heterocycles. The van der Waals surface area contributed by atoms with Gasteiger partial charge in [-0.25, -0.2) is 9.69 Å². The average molecular weight is 392 g/mol. The minimum absolute atomic E-state index is 0.0687. The molecule has 1 saturated heterocycles. The van der Waals surface area contributed by atoms with Crippen LogP contribution in [0, 0.1) is 0 Å². The van der Waals surface area contributed by atoms with Gasteiger partial charge in [-0.3, -0.25) is 9.59 Å². The fourth-order valence-corrected chi connectivity index (χ4v) is 3.59. The van der Waals surface area contributed by atoms with Crippen LogP contribution in [0.2, 0.25) is 10.0 Å². The summed E-state index contributed by atoms with van der Waals surface area (Å²) in [5.41, 5.74) is 4.11. The third-order valence-corrected chi connectivity index (χ3v) is 5.49. The smallest absolute Gasteiger partial charge is 0.365 e. The summed E-state index contributed by atoms with van der Waals surface area (Å²) in [7, 11) is 0. The highest BCUT2D eigenvalue weighted by Crippen LogP contribution is 2.33. The molecule has 1 aromatic rings. The first-order chi connectivity index (χ1) is 11.3. The Labute approximate surface area is 153 Å². The normalized spacial score (nSPS) is 18.8. The van der Waals surface area contributed by atoms with Gasteiger partial charge in [-0.15, -0.1) is 11.8 Å². The van der Waals surface area contributed by atoms with Crippen molar-refractivity contribution in [2.24, 2.45) is 0 Å². The lowest BCUT2D eigenvalue weighted by atomic mass is 10.3. The number of thioether (sulfide) groups is 1. The number of amides is 2. The fourth-order valence-electron chi connectivity index (χ4n) is 2.19. The number of halogens is 2. The number of hydrogen-bond acceptors (Lipinski definition) is 5. The first-order valence-corrected chi connectivity index (χ1v) is 9.08. The number of nitrogens with zero attached hydrogens (tertiary/aromatic N) is 1. The summed E-state index contributed by atoms with van der Waals surface area (Å²) in [6, 6.07) is 4.00. The molecule has 9 heteroatoms. The predicted octanol–water partition coefficient (Wildman–Crippen LogP) is 1.53. The molecule has 0 saturated carbocycles. The number of esters is 1. The third kappa shape index (κ3) is 4.22. The monoisotopic (exact) mass is 391 g/mol. The summed E-state index contributed by atoms with van der Waals surface area (Å²) in [4.78, 5) is 37.3. The number of rotatable bonds is 6. The van der Waals surface area contributed by atoms with Gasteiger partial charge in [-0.05, 0) is 25.1 Å². The molecule has 130 valence electrons. The topological polar surface area (TPSA) is 91.3 Å². The number of ether oxygens (including phenoxy) is 1. The molecule has 1 aliphatic rings. The Hall–Kier alpha value is -1.28. The van der Waals surface area contributed by atoms with E-state index in [9.17, 15) is 14.4 Å². The molecule has 1 aromatic carbocycles. The maximum atomic E-state index is 12.5. The SMILES string of the molecule is CCOC(=O)[C@H]([NH3+])CS[C@H]1CC(=O)N(c2ccc(Cl)c(Cl)c2)C1=O. The summed E-state index contributed by atoms with van der Waals surface area (Å²) < 4.78 is 4.88. The van der Waals surface area contributed by atoms with Crippen molar-refractivity contribution in [2.75, 3.05) is 17.3 Å². The molecule has 1 heterocycles. The molecular weight excluding hydrogens is 375 g/mol. The van der Waals surface area contributed by atoms with Crippen molar-refractivity contribution in [2.45, 2.75) is 24.6 Å². The highest BCUT2D eigenvalue weighted by atomic mass is 35.5. The summed E-state index contributed by atoms with van der Waals surface area (Å²) in [5.74, 6) is -0.757. The lowest BCUT2D eigenvalue weighted by Crippen LogP contribution is -2.66. The van der Waals surface area contributed by atoms with Crippen LogP contribution in [0.5, 0.6) is 0 Å². The van der Waals surface area contributed by atoms with Gasteiger partial charge in [0.2, 0.25) is 11.8 Å². The molecule has 1 aliphatic heterocycles. The van der Waals surface area contributed by atoms with Crippen LogP contribution in [0.3, 0.4) is 0 Å². The fraction of sp³-hybridized carbons (Fsp3) is 0.400. The summed E-state index contributed by atoms with van der Waals surface area (Å²) in [6.45, 7) is 1.99. The van der Waals surface area contributed by atoms with Gasteiger partial charge in [0.1, 0.15) is 0 Å². The molecule has 0 radical (unpaired) electrons. The Morgan fingerprint density at radius 2 is 2.12 bits per heavy atom. The number of hydrogen-bond donors (Lipinski definition) is 1. The Balaban J connectivity index is 2.03. The van der Waals surface area contributed by atoms with E-state index in [-0.39, 0.29) is 29.9 Å². The number of carbonyl (C=O) groups excluding carboxylic acids is 3. The largest absolute Gasteiger partial charge is 0.462 e. The van der Waals surface area contributed by atoms with Crippen molar-refractivity contribution in [3.63, 3.8) is 0 Å². The van der Waals surface area contributed by atoms with Gasteiger partial charge >= 0.3 is 5.97 Å². The molecule has 2 amide bonds. The Kier molecular flexibility index (Phi) is 6.51. The van der Waals surface area contributed by atoms with Crippen LogP contribution in [-0.2, 0) is 19.1 Å². The summed E-state index contributed by atoms with van der Waals surface area (Å²) >= 11 is 13.0. The van der Waals surface area contributed by atoms with Gasteiger partial charge in [0, 0.05) is 6.42 Å². The highest BCUT2D eigenvalue weighted by molar-refractivity contribution is 8.00. The second-order valence-corrected chi connectivity index (χ2v) is 7.19. The van der Waals surface area contributed by atoms with Crippen LogP contribution in [-0.4, -0.2) is 41.4 Å². The molecule has 3 N–H and O–H groups in total. The predicted molar refractivity (Wildman–Crippen MR) is 93.1 cm³/mol. The standard InChI is InChI=1S/C15H16Cl2N2O4S/c1-2-23-15(22)11(18)7-24-12-6-13(20)19(14(12)21)8-3-4-9(16)10(17)5-8/h3-5,11-12H,2,6-7,18H2,1H3/p+1/t11-,12+/m1/s1. The lowest BCUT2D eigenvalue weighted by molar-refractivity contribution is -0.401. The summed E-state index contributed by atoms with van der Waals surface area (Å²) in [6.07, 6.45) is 0.0687. The Morgan fingerprint density at radius 1 is 1.42 bits per heavy atom. The van der Waals surface area contributed by atoms with E-state index < -0.39 is 17.3 Å². The van der Waals surface area contributed by atoms with E-state index in [1.807, 2.05) is 0 Å². The molecule has 24 heavy (non-hydrogen) atoms. The first-order valence-electron chi connectivity index (χ1n) is 7.28. The van der Waals surface area contributed by atoms with E-state index in [1.165, 1.54) is 23.9 Å². The van der Waals surface area contributed by atoms with E-state index in [1.54, 1.807) is 13.0 Å². The van der Waals surface area contributed by atoms with Gasteiger partial charge < -0.3 is 10.5 Å². The molecule has 0 bridgehead atoms. The van der Waals surface area contributed by atoms with Crippen molar-refractivity contribution < 1.29 is 24.9 Å². The Bertz CT molecular complexity index is 671. The van der Waals surface area contributed by atoms with Crippen LogP contribution in [0.4, 0.5) is 5.69 Å². The molecule has 1 fully saturated rings. The zero-order chi connectivity index (χ0) is 17.9. The lowest BCUT2D eigenvalue weighted by Gasteiger charge is -2.16. The molecule has 0 unspecified atom stereocenters. The molecular formula is C15H17Cl2N2O4S+. The van der Waals surface area contributed by atoms with E-state index in [2.05, 4.69) is 5.73 Å². The van der Waals surface area contributed by atoms with Crippen LogP contribution in [0.1, 0.15) is 13.3 Å². The highest BCUT2D eigenvalue weighted by Gasteiger charge is 2.40. The maximum Gasteiger partial charge on any atom is 0.365 e. The van der Waals surface area contributed by atoms with Gasteiger partial charge in [0.15, 0.2) is 6.04 Å². The van der Waals surface area contributed by atoms with Gasteiger partial charge in [0.05, 0.1) is 33.3 Å². The van der Waals surface area contributed by atoms with Crippen molar-refractivity contribution >= 4 is 58.4 Å². The quantitative estimate of drug-likeness (QED) is 0.586. The van der Waals surface area contributed by atoms with E-state index in [4.69, 9.17) is 27.9 Å². The van der Waals surface area contributed by atoms with E-state index in [0.717, 1.165) is 4.90 Å². The molecule has 2 atom stereocenters. The minimum atomic E-state index is -0.586. The zero-order valence-corrected chi connectivity index (χ0v) is 15.3. The molecule has 6 nitrogen and oxygen atoms in total. The van der Waals surface area contributed by atoms with E-state index in [0.29, 0.717) is 16.5 Å². The van der Waals surface area contributed by atoms with Crippen LogP contribution >= 0.6 is 35.0 Å². The van der Waals surface area contributed by atoms with Crippen molar-refractivity contribution in [1.29, 1.82) is 0 Å². The zero-order valence-electron chi connectivity index (χ0n) is 13.0. The second kappa shape index (κ2) is 8.20. The van der Waals surface area contributed by atoms with Gasteiger partial charge in [-0.1, -0.05) is 23.2 Å². The number of quaternary nitrogens is 1. The first kappa shape index (κ1) is 19.1. The molecule has 0 aliphatic carbocycles. The van der Waals surface area contributed by atoms with Crippen molar-refractivity contribution in [3.05, 3.63) is 28.2 Å². The van der Waals surface area contributed by atoms with Crippen molar-refractivity contribution in [1.82, 2.24) is 0 Å². The van der Waals surface area contributed by atoms with Crippen LogP contribution in [0.25, 0.3) is 0 Å². The summed E-state index contributed by atoms with van der Waals surface area (Å²) in [5, 5.41) is 0.0661. The Morgan fingerprint density at radius 3 is 2.75 bits per heavy atom. The number of carbonyl (C=O) groups is 3. The molecule has 0 spiro atoms. The second-order valence-electron chi connectivity index (χ2n) is 5.14. The maximum absolute atomic E-state index is 12.5. The van der Waals surface area contributed by atoms with Crippen molar-refractivity contribution in [3.8, 4) is 0 Å². The number of imide groups is 1. The number of anilines is 1. The number of benzene rings is 1.